The maximum Gasteiger partial charge on any atom is 0.217 e. The monoisotopic (exact) mass is 328 g/mol. The first kappa shape index (κ1) is 23.7. The van der Waals surface area contributed by atoms with E-state index in [0.29, 0.717) is 17.8 Å². The predicted molar refractivity (Wildman–Crippen MR) is 97.1 cm³/mol. The zero-order valence-corrected chi connectivity index (χ0v) is 15.6. The summed E-state index contributed by atoms with van der Waals surface area (Å²) in [5.74, 6) is 1.64. The number of hydrogen-bond donors (Lipinski definition) is 4. The molecule has 6 nitrogen and oxygen atoms in total. The molecule has 6 heteroatoms. The second-order valence-corrected chi connectivity index (χ2v) is 5.92. The molecule has 1 rings (SSSR count). The second-order valence-electron chi connectivity index (χ2n) is 5.92. The quantitative estimate of drug-likeness (QED) is 0.268. The lowest BCUT2D eigenvalue weighted by Gasteiger charge is -2.27. The van der Waals surface area contributed by atoms with Gasteiger partial charge in [0, 0.05) is 19.2 Å². The third-order valence-electron chi connectivity index (χ3n) is 3.76. The first-order valence-electron chi connectivity index (χ1n) is 8.57. The first-order chi connectivity index (χ1) is 10.8. The molecule has 0 saturated heterocycles. The second kappa shape index (κ2) is 14.0. The first-order valence-corrected chi connectivity index (χ1v) is 8.57. The van der Waals surface area contributed by atoms with Crippen molar-refractivity contribution in [1.82, 2.24) is 5.32 Å². The van der Waals surface area contributed by atoms with Crippen LogP contribution in [0.3, 0.4) is 0 Å². The van der Waals surface area contributed by atoms with Gasteiger partial charge in [-0.3, -0.25) is 10.2 Å². The van der Waals surface area contributed by atoms with E-state index in [1.807, 2.05) is 13.8 Å². The fourth-order valence-corrected chi connectivity index (χ4v) is 3.07. The van der Waals surface area contributed by atoms with Crippen molar-refractivity contribution in [3.8, 4) is 0 Å². The fourth-order valence-electron chi connectivity index (χ4n) is 3.07. The molecule has 0 heterocycles. The van der Waals surface area contributed by atoms with Gasteiger partial charge in [0.25, 0.3) is 0 Å². The smallest absolute Gasteiger partial charge is 0.217 e. The van der Waals surface area contributed by atoms with Gasteiger partial charge in [-0.25, -0.2) is 0 Å². The average molecular weight is 329 g/mol. The summed E-state index contributed by atoms with van der Waals surface area (Å²) in [6.45, 7) is 11.5. The summed E-state index contributed by atoms with van der Waals surface area (Å²) in [7, 11) is 0. The Hall–Kier alpha value is -1.59. The standard InChI is InChI=1S/C13H24N2O2.C2H6N2.C2H6/c1-4-5-13(15-10(3)16)12-7-11(8-14-17)6-9(12)2;1-2(3)4;1-2/h8-9,11-13,17H,4-7H2,1-3H3,(H,15,16);1H3,(H3,3,4);1-2H3/b14-8+;;. The fraction of sp³-hybridized carbons (Fsp3) is 0.824. The van der Waals surface area contributed by atoms with E-state index in [2.05, 4.69) is 24.3 Å². The van der Waals surface area contributed by atoms with Crippen LogP contribution in [-0.2, 0) is 4.79 Å². The Morgan fingerprint density at radius 1 is 1.43 bits per heavy atom. The van der Waals surface area contributed by atoms with Gasteiger partial charge in [0.15, 0.2) is 0 Å². The molecule has 0 aromatic rings. The zero-order chi connectivity index (χ0) is 18.4. The normalized spacial score (nSPS) is 24.0. The molecule has 23 heavy (non-hydrogen) atoms. The molecule has 1 amide bonds. The lowest BCUT2D eigenvalue weighted by molar-refractivity contribution is -0.120. The number of carbonyl (C=O) groups is 1. The Morgan fingerprint density at radius 3 is 2.35 bits per heavy atom. The van der Waals surface area contributed by atoms with Gasteiger partial charge in [0.2, 0.25) is 5.91 Å². The summed E-state index contributed by atoms with van der Waals surface area (Å²) in [5.41, 5.74) is 4.69. The van der Waals surface area contributed by atoms with Gasteiger partial charge >= 0.3 is 0 Å². The third kappa shape index (κ3) is 11.6. The van der Waals surface area contributed by atoms with Gasteiger partial charge in [0.05, 0.1) is 5.84 Å². The van der Waals surface area contributed by atoms with Crippen LogP contribution < -0.4 is 11.1 Å². The van der Waals surface area contributed by atoms with E-state index < -0.39 is 0 Å². The largest absolute Gasteiger partial charge is 0.411 e. The van der Waals surface area contributed by atoms with Gasteiger partial charge in [-0.1, -0.05) is 34.1 Å². The molecule has 0 radical (unpaired) electrons. The summed E-state index contributed by atoms with van der Waals surface area (Å²) in [4.78, 5) is 11.2. The topological polar surface area (TPSA) is 112 Å². The number of amides is 1. The van der Waals surface area contributed by atoms with E-state index in [9.17, 15) is 4.79 Å². The van der Waals surface area contributed by atoms with Crippen LogP contribution in [0.2, 0.25) is 0 Å². The molecular formula is C17H36N4O2. The molecule has 136 valence electrons. The number of carbonyl (C=O) groups excluding carboxylic acids is 1. The molecule has 0 aliphatic heterocycles. The number of oxime groups is 1. The molecule has 4 atom stereocenters. The number of hydrogen-bond acceptors (Lipinski definition) is 4. The predicted octanol–water partition coefficient (Wildman–Crippen LogP) is 3.38. The van der Waals surface area contributed by atoms with E-state index in [4.69, 9.17) is 16.4 Å². The molecule has 4 unspecified atom stereocenters. The summed E-state index contributed by atoms with van der Waals surface area (Å²) in [6, 6.07) is 0.268. The van der Waals surface area contributed by atoms with E-state index in [1.54, 1.807) is 13.1 Å². The minimum absolute atomic E-state index is 0.0509. The van der Waals surface area contributed by atoms with Gasteiger partial charge in [-0.05, 0) is 43.9 Å². The van der Waals surface area contributed by atoms with Crippen LogP contribution in [0.25, 0.3) is 0 Å². The maximum absolute atomic E-state index is 11.2. The number of nitrogens with two attached hydrogens (primary N) is 1. The van der Waals surface area contributed by atoms with Crippen molar-refractivity contribution in [3.05, 3.63) is 0 Å². The van der Waals surface area contributed by atoms with Gasteiger partial charge in [0.1, 0.15) is 0 Å². The van der Waals surface area contributed by atoms with Gasteiger partial charge < -0.3 is 16.3 Å². The van der Waals surface area contributed by atoms with Crippen LogP contribution in [0.5, 0.6) is 0 Å². The molecule has 0 aromatic carbocycles. The molecule has 0 spiro atoms. The SMILES string of the molecule is CC.CC(=N)N.CCCC(NC(C)=O)C1CC(/C=N/O)CC1C. The molecular weight excluding hydrogens is 292 g/mol. The minimum Gasteiger partial charge on any atom is -0.411 e. The van der Waals surface area contributed by atoms with Crippen molar-refractivity contribution in [1.29, 1.82) is 5.41 Å². The maximum atomic E-state index is 11.2. The lowest BCUT2D eigenvalue weighted by Crippen LogP contribution is -2.40. The molecule has 1 fully saturated rings. The Balaban J connectivity index is 0. The van der Waals surface area contributed by atoms with Gasteiger partial charge in [-0.2, -0.15) is 0 Å². The molecule has 0 aromatic heterocycles. The van der Waals surface area contributed by atoms with Crippen LogP contribution in [0, 0.1) is 23.2 Å². The van der Waals surface area contributed by atoms with Crippen LogP contribution in [0.4, 0.5) is 0 Å². The van der Waals surface area contributed by atoms with Crippen molar-refractivity contribution >= 4 is 18.0 Å². The Kier molecular flexibility index (Phi) is 14.4. The van der Waals surface area contributed by atoms with Crippen molar-refractivity contribution < 1.29 is 10.0 Å². The molecule has 1 aliphatic carbocycles. The highest BCUT2D eigenvalue weighted by molar-refractivity contribution is 5.73. The highest BCUT2D eigenvalue weighted by Crippen LogP contribution is 2.38. The van der Waals surface area contributed by atoms with Crippen LogP contribution in [0.15, 0.2) is 5.16 Å². The van der Waals surface area contributed by atoms with Gasteiger partial charge in [-0.15, -0.1) is 5.16 Å². The van der Waals surface area contributed by atoms with Crippen LogP contribution in [0.1, 0.15) is 67.2 Å². The number of rotatable bonds is 5. The Bertz CT molecular complexity index is 355. The molecule has 5 N–H and O–H groups in total. The highest BCUT2D eigenvalue weighted by Gasteiger charge is 2.35. The number of nitrogens with zero attached hydrogens (tertiary/aromatic N) is 1. The summed E-state index contributed by atoms with van der Waals surface area (Å²) in [5, 5.41) is 21.1. The molecule has 0 bridgehead atoms. The van der Waals surface area contributed by atoms with Crippen LogP contribution in [-0.4, -0.2) is 29.2 Å². The van der Waals surface area contributed by atoms with Crippen LogP contribution >= 0.6 is 0 Å². The van der Waals surface area contributed by atoms with Crippen molar-refractivity contribution in [2.75, 3.05) is 0 Å². The van der Waals surface area contributed by atoms with E-state index >= 15 is 0 Å². The van der Waals surface area contributed by atoms with Crippen molar-refractivity contribution in [2.24, 2.45) is 28.6 Å². The highest BCUT2D eigenvalue weighted by atomic mass is 16.4. The van der Waals surface area contributed by atoms with E-state index in [0.717, 1.165) is 25.7 Å². The minimum atomic E-state index is 0.0509. The van der Waals surface area contributed by atoms with Crippen molar-refractivity contribution in [2.45, 2.75) is 73.3 Å². The third-order valence-corrected chi connectivity index (χ3v) is 3.76. The Morgan fingerprint density at radius 2 is 1.96 bits per heavy atom. The van der Waals surface area contributed by atoms with E-state index in [1.165, 1.54) is 6.92 Å². The number of nitrogens with one attached hydrogen (secondary N) is 2. The molecule has 1 aliphatic rings. The van der Waals surface area contributed by atoms with Crippen molar-refractivity contribution in [3.63, 3.8) is 0 Å². The zero-order valence-electron chi connectivity index (χ0n) is 15.6. The number of amidine groups is 1. The lowest BCUT2D eigenvalue weighted by atomic mass is 9.87. The Labute approximate surface area is 141 Å². The summed E-state index contributed by atoms with van der Waals surface area (Å²) < 4.78 is 0. The van der Waals surface area contributed by atoms with E-state index in [-0.39, 0.29) is 17.8 Å². The molecule has 1 saturated carbocycles. The summed E-state index contributed by atoms with van der Waals surface area (Å²) >= 11 is 0. The average Bonchev–Trinajstić information content (AvgIpc) is 2.81. The summed E-state index contributed by atoms with van der Waals surface area (Å²) in [6.07, 6.45) is 5.79.